The van der Waals surface area contributed by atoms with Gasteiger partial charge in [-0.15, -0.1) is 0 Å². The molecule has 1 N–H and O–H groups in total. The van der Waals surface area contributed by atoms with Crippen molar-refractivity contribution in [2.45, 2.75) is 64.7 Å². The molecule has 5 heteroatoms. The second kappa shape index (κ2) is 11.9. The molecule has 4 nitrogen and oxygen atoms in total. The summed E-state index contributed by atoms with van der Waals surface area (Å²) in [6.07, 6.45) is 13.9. The van der Waals surface area contributed by atoms with Crippen molar-refractivity contribution in [2.75, 3.05) is 19.8 Å². The molecule has 0 atom stereocenters. The summed E-state index contributed by atoms with van der Waals surface area (Å²) in [5, 5.41) is 4.11. The van der Waals surface area contributed by atoms with Gasteiger partial charge in [-0.2, -0.15) is 0 Å². The van der Waals surface area contributed by atoms with E-state index in [1.807, 2.05) is 36.0 Å². The van der Waals surface area contributed by atoms with E-state index in [1.165, 1.54) is 51.4 Å². The Bertz CT molecular complexity index is 802. The van der Waals surface area contributed by atoms with Crippen LogP contribution in [0.5, 0.6) is 0 Å². The first-order valence-corrected chi connectivity index (χ1v) is 12.5. The van der Waals surface area contributed by atoms with Crippen LogP contribution in [0.2, 0.25) is 0 Å². The highest BCUT2D eigenvalue weighted by Gasteiger charge is 2.17. The lowest BCUT2D eigenvalue weighted by Gasteiger charge is -2.23. The predicted octanol–water partition coefficient (Wildman–Crippen LogP) is 6.46. The SMILES string of the molecule is CCC1COC1.Cn1cc(C(=O)NCCCC2CCCCCC2)c2c(Br)cccc21. The maximum atomic E-state index is 12.6. The van der Waals surface area contributed by atoms with E-state index >= 15 is 0 Å². The van der Waals surface area contributed by atoms with Crippen molar-refractivity contribution in [2.24, 2.45) is 18.9 Å². The Morgan fingerprint density at radius 2 is 1.90 bits per heavy atom. The first kappa shape index (κ1) is 23.3. The zero-order valence-corrected chi connectivity index (χ0v) is 20.2. The van der Waals surface area contributed by atoms with E-state index in [-0.39, 0.29) is 5.91 Å². The fourth-order valence-corrected chi connectivity index (χ4v) is 5.00. The van der Waals surface area contributed by atoms with Crippen molar-refractivity contribution >= 4 is 32.7 Å². The molecule has 2 aromatic rings. The Morgan fingerprint density at radius 3 is 2.50 bits per heavy atom. The minimum Gasteiger partial charge on any atom is -0.381 e. The first-order valence-electron chi connectivity index (χ1n) is 11.7. The number of benzene rings is 1. The minimum absolute atomic E-state index is 0.0355. The summed E-state index contributed by atoms with van der Waals surface area (Å²) in [7, 11) is 1.98. The second-order valence-corrected chi connectivity index (χ2v) is 9.71. The van der Waals surface area contributed by atoms with Crippen molar-refractivity contribution in [3.63, 3.8) is 0 Å². The van der Waals surface area contributed by atoms with Gasteiger partial charge in [-0.05, 0) is 37.3 Å². The van der Waals surface area contributed by atoms with Crippen LogP contribution in [0.25, 0.3) is 10.9 Å². The van der Waals surface area contributed by atoms with Gasteiger partial charge in [0.15, 0.2) is 0 Å². The molecule has 30 heavy (non-hydrogen) atoms. The van der Waals surface area contributed by atoms with Crippen molar-refractivity contribution in [3.8, 4) is 0 Å². The third-order valence-corrected chi connectivity index (χ3v) is 7.20. The molecule has 2 fully saturated rings. The number of hydrogen-bond donors (Lipinski definition) is 1. The van der Waals surface area contributed by atoms with Gasteiger partial charge in [0.1, 0.15) is 0 Å². The molecule has 1 aliphatic heterocycles. The van der Waals surface area contributed by atoms with Crippen molar-refractivity contribution < 1.29 is 9.53 Å². The molecule has 0 spiro atoms. The van der Waals surface area contributed by atoms with Gasteiger partial charge in [-0.1, -0.05) is 67.4 Å². The second-order valence-electron chi connectivity index (χ2n) is 8.86. The molecule has 1 amide bonds. The standard InChI is InChI=1S/C20H27BrN2O.C5H10O/c1-23-14-16(19-17(21)11-6-12-18(19)23)20(24)22-13-7-10-15-8-4-2-3-5-9-15;1-2-5-3-6-4-5/h6,11-12,14-15H,2-5,7-10,13H2,1H3,(H,22,24);5H,2-4H2,1H3. The summed E-state index contributed by atoms with van der Waals surface area (Å²) in [6.45, 7) is 5.00. The Kier molecular flexibility index (Phi) is 9.26. The van der Waals surface area contributed by atoms with Gasteiger partial charge in [0.25, 0.3) is 5.91 Å². The fourth-order valence-electron chi connectivity index (χ4n) is 4.43. The van der Waals surface area contributed by atoms with E-state index in [2.05, 4.69) is 28.2 Å². The highest BCUT2D eigenvalue weighted by atomic mass is 79.9. The van der Waals surface area contributed by atoms with Gasteiger partial charge >= 0.3 is 0 Å². The van der Waals surface area contributed by atoms with Crippen LogP contribution in [-0.4, -0.2) is 30.2 Å². The molecule has 2 heterocycles. The van der Waals surface area contributed by atoms with Gasteiger partial charge in [0.2, 0.25) is 0 Å². The number of rotatable bonds is 6. The molecule has 0 radical (unpaired) electrons. The Morgan fingerprint density at radius 1 is 1.17 bits per heavy atom. The lowest BCUT2D eigenvalue weighted by Crippen LogP contribution is -2.26. The van der Waals surface area contributed by atoms with E-state index < -0.39 is 0 Å². The molecular weight excluding hydrogens is 440 g/mol. The number of nitrogens with one attached hydrogen (secondary N) is 1. The summed E-state index contributed by atoms with van der Waals surface area (Å²) in [6, 6.07) is 6.04. The zero-order chi connectivity index (χ0) is 21.3. The Hall–Kier alpha value is -1.33. The summed E-state index contributed by atoms with van der Waals surface area (Å²) < 4.78 is 7.92. The third kappa shape index (κ3) is 6.34. The molecule has 1 saturated carbocycles. The number of amides is 1. The summed E-state index contributed by atoms with van der Waals surface area (Å²) in [4.78, 5) is 12.6. The number of carbonyl (C=O) groups excluding carboxylic acids is 1. The van der Waals surface area contributed by atoms with Crippen molar-refractivity contribution in [3.05, 3.63) is 34.4 Å². The summed E-state index contributed by atoms with van der Waals surface area (Å²) in [5.41, 5.74) is 1.84. The number of fused-ring (bicyclic) bond motifs is 1. The number of ether oxygens (including phenoxy) is 1. The molecular formula is C25H37BrN2O2. The van der Waals surface area contributed by atoms with Crippen LogP contribution in [-0.2, 0) is 11.8 Å². The quantitative estimate of drug-likeness (QED) is 0.383. The smallest absolute Gasteiger partial charge is 0.253 e. The lowest BCUT2D eigenvalue weighted by atomic mass is 9.95. The van der Waals surface area contributed by atoms with Gasteiger partial charge in [0.05, 0.1) is 18.8 Å². The molecule has 1 aromatic carbocycles. The van der Waals surface area contributed by atoms with E-state index in [9.17, 15) is 4.79 Å². The third-order valence-electron chi connectivity index (χ3n) is 6.54. The van der Waals surface area contributed by atoms with E-state index in [4.69, 9.17) is 4.74 Å². The molecule has 1 saturated heterocycles. The topological polar surface area (TPSA) is 43.3 Å². The normalized spacial score (nSPS) is 17.7. The van der Waals surface area contributed by atoms with Crippen LogP contribution in [0.15, 0.2) is 28.9 Å². The zero-order valence-electron chi connectivity index (χ0n) is 18.6. The molecule has 0 bridgehead atoms. The molecule has 1 aliphatic carbocycles. The van der Waals surface area contributed by atoms with Gasteiger partial charge < -0.3 is 14.6 Å². The van der Waals surface area contributed by atoms with Crippen molar-refractivity contribution in [1.29, 1.82) is 0 Å². The average molecular weight is 477 g/mol. The Balaban J connectivity index is 0.000000367. The monoisotopic (exact) mass is 476 g/mol. The number of hydrogen-bond acceptors (Lipinski definition) is 2. The highest BCUT2D eigenvalue weighted by molar-refractivity contribution is 9.10. The largest absolute Gasteiger partial charge is 0.381 e. The summed E-state index contributed by atoms with van der Waals surface area (Å²) in [5.74, 6) is 1.80. The number of halogens is 1. The highest BCUT2D eigenvalue weighted by Crippen LogP contribution is 2.29. The minimum atomic E-state index is 0.0355. The van der Waals surface area contributed by atoms with Crippen LogP contribution in [0, 0.1) is 11.8 Å². The van der Waals surface area contributed by atoms with Gasteiger partial charge in [0, 0.05) is 41.1 Å². The molecule has 4 rings (SSSR count). The number of aryl methyl sites for hydroxylation is 1. The predicted molar refractivity (Wildman–Crippen MR) is 128 cm³/mol. The van der Waals surface area contributed by atoms with Crippen molar-refractivity contribution in [1.82, 2.24) is 9.88 Å². The maximum absolute atomic E-state index is 12.6. The van der Waals surface area contributed by atoms with Crippen LogP contribution in [0.3, 0.4) is 0 Å². The lowest BCUT2D eigenvalue weighted by molar-refractivity contribution is -0.0331. The Labute approximate surface area is 189 Å². The number of carbonyl (C=O) groups is 1. The van der Waals surface area contributed by atoms with Crippen LogP contribution in [0.1, 0.15) is 75.1 Å². The number of nitrogens with zero attached hydrogens (tertiary/aromatic N) is 1. The maximum Gasteiger partial charge on any atom is 0.253 e. The van der Waals surface area contributed by atoms with E-state index in [0.29, 0.717) is 0 Å². The van der Waals surface area contributed by atoms with Crippen LogP contribution >= 0.6 is 15.9 Å². The van der Waals surface area contributed by atoms with Gasteiger partial charge in [-0.25, -0.2) is 0 Å². The molecule has 0 unspecified atom stereocenters. The van der Waals surface area contributed by atoms with E-state index in [1.54, 1.807) is 0 Å². The van der Waals surface area contributed by atoms with Crippen LogP contribution in [0.4, 0.5) is 0 Å². The molecule has 2 aliphatic rings. The number of aromatic nitrogens is 1. The summed E-state index contributed by atoms with van der Waals surface area (Å²) >= 11 is 3.58. The first-order chi connectivity index (χ1) is 14.6. The van der Waals surface area contributed by atoms with E-state index in [0.717, 1.165) is 59.0 Å². The fraction of sp³-hybridized carbons (Fsp3) is 0.640. The molecule has 166 valence electrons. The van der Waals surface area contributed by atoms with Gasteiger partial charge in [-0.3, -0.25) is 4.79 Å². The molecule has 1 aromatic heterocycles. The van der Waals surface area contributed by atoms with Crippen LogP contribution < -0.4 is 5.32 Å². The average Bonchev–Trinajstić information content (AvgIpc) is 2.87.